The summed E-state index contributed by atoms with van der Waals surface area (Å²) in [5.74, 6) is 0. The topological polar surface area (TPSA) is 6.02 Å². The second-order valence-corrected chi connectivity index (χ2v) is 3.14. The summed E-state index contributed by atoms with van der Waals surface area (Å²) in [5, 5.41) is 0. The average Bonchev–Trinajstić information content (AvgIpc) is 2.33. The van der Waals surface area contributed by atoms with E-state index in [9.17, 15) is 0 Å². The van der Waals surface area contributed by atoms with Crippen molar-refractivity contribution < 1.29 is 0 Å². The molecule has 0 N–H and O–H groups in total. The van der Waals surface area contributed by atoms with E-state index in [1.807, 2.05) is 12.1 Å². The van der Waals surface area contributed by atoms with Gasteiger partial charge in [0.05, 0.1) is 0 Å². The van der Waals surface area contributed by atoms with Crippen LogP contribution in [-0.2, 0) is 0 Å². The quantitative estimate of drug-likeness (QED) is 0.316. The molecule has 0 aliphatic carbocycles. The first-order valence-corrected chi connectivity index (χ1v) is 3.36. The van der Waals surface area contributed by atoms with Gasteiger partial charge in [-0.05, 0) is 0 Å². The molecule has 1 unspecified atom stereocenters. The van der Waals surface area contributed by atoms with Crippen molar-refractivity contribution in [2.75, 3.05) is 26.2 Å². The first-order valence-electron chi connectivity index (χ1n) is 2.63. The van der Waals surface area contributed by atoms with Crippen molar-refractivity contribution in [2.45, 2.75) is 0 Å². The van der Waals surface area contributed by atoms with Gasteiger partial charge in [-0.25, -0.2) is 8.61 Å². The first kappa shape index (κ1) is 6.81. The third-order valence-electron chi connectivity index (χ3n) is 1.04. The zero-order valence-corrected chi connectivity index (χ0v) is 7.07. The highest BCUT2D eigenvalue weighted by Gasteiger charge is 2.27. The van der Waals surface area contributed by atoms with Crippen LogP contribution in [0.3, 0.4) is 0 Å². The van der Waals surface area contributed by atoms with E-state index in [0.29, 0.717) is 0 Å². The zero-order valence-electron chi connectivity index (χ0n) is 4.84. The molecule has 2 saturated heterocycles. The lowest BCUT2D eigenvalue weighted by Gasteiger charge is -1.94. The fourth-order valence-electron chi connectivity index (χ4n) is 0.408. The molecule has 0 aromatic rings. The monoisotopic (exact) mass is 150 g/mol. The Morgan fingerprint density at radius 1 is 0.875 bits per heavy atom. The van der Waals surface area contributed by atoms with Gasteiger partial charge in [0, 0.05) is 38.3 Å². The molecule has 0 spiro atoms. The molecule has 2 fully saturated rings. The summed E-state index contributed by atoms with van der Waals surface area (Å²) in [6.07, 6.45) is 0. The Morgan fingerprint density at radius 2 is 1.25 bits per heavy atom. The molecule has 1 atom stereocenters. The lowest BCUT2D eigenvalue weighted by atomic mass is 11.0. The van der Waals surface area contributed by atoms with Crippen LogP contribution in [0.2, 0.25) is 0 Å². The predicted octanol–water partition coefficient (Wildman–Crippen LogP) is 0.239. The maximum absolute atomic E-state index is 2.35. The van der Waals surface area contributed by atoms with Gasteiger partial charge in [0.25, 0.3) is 0 Å². The van der Waals surface area contributed by atoms with Gasteiger partial charge in [-0.1, -0.05) is 0 Å². The van der Waals surface area contributed by atoms with Crippen molar-refractivity contribution in [3.8, 4) is 0 Å². The van der Waals surface area contributed by atoms with Crippen LogP contribution >= 0.6 is 22.0 Å². The molecular formula is C4H11N2PS. The molecule has 2 aliphatic heterocycles. The lowest BCUT2D eigenvalue weighted by molar-refractivity contribution is 0.853. The largest absolute Gasteiger partial charge is 0.235 e. The molecule has 0 saturated carbocycles. The Kier molecular flexibility index (Phi) is 2.15. The molecule has 0 aromatic heterocycles. The van der Waals surface area contributed by atoms with Crippen molar-refractivity contribution >= 4 is 22.0 Å². The van der Waals surface area contributed by atoms with Gasteiger partial charge in [0.15, 0.2) is 0 Å². The third kappa shape index (κ3) is 1.90. The van der Waals surface area contributed by atoms with Crippen LogP contribution in [0.1, 0.15) is 0 Å². The molecule has 48 valence electrons. The second-order valence-electron chi connectivity index (χ2n) is 1.94. The van der Waals surface area contributed by atoms with Crippen LogP contribution in [0.25, 0.3) is 0 Å². The van der Waals surface area contributed by atoms with Crippen LogP contribution < -0.4 is 0 Å². The molecule has 2 aliphatic rings. The van der Waals surface area contributed by atoms with E-state index in [4.69, 9.17) is 0 Å². The summed E-state index contributed by atoms with van der Waals surface area (Å²) >= 11 is 1.90. The van der Waals surface area contributed by atoms with E-state index in [0.717, 1.165) is 0 Å². The van der Waals surface area contributed by atoms with Gasteiger partial charge in [-0.2, -0.15) is 9.90 Å². The maximum atomic E-state index is 2.35. The Hall–Kier alpha value is 0.700. The van der Waals surface area contributed by atoms with Crippen molar-refractivity contribution in [1.29, 1.82) is 0 Å². The second kappa shape index (κ2) is 2.53. The Balaban J connectivity index is 0.000000320. The van der Waals surface area contributed by atoms with Gasteiger partial charge >= 0.3 is 0 Å². The van der Waals surface area contributed by atoms with Crippen molar-refractivity contribution in [1.82, 2.24) is 8.61 Å². The number of hydrogen-bond donors (Lipinski definition) is 0. The summed E-state index contributed by atoms with van der Waals surface area (Å²) in [4.78, 5) is 0. The van der Waals surface area contributed by atoms with Crippen molar-refractivity contribution in [2.24, 2.45) is 0 Å². The van der Waals surface area contributed by atoms with E-state index < -0.39 is 0 Å². The smallest absolute Gasteiger partial charge is 0.0240 e. The summed E-state index contributed by atoms with van der Waals surface area (Å²) in [6, 6.07) is 0. The molecule has 0 bridgehead atoms. The molecule has 8 heavy (non-hydrogen) atoms. The van der Waals surface area contributed by atoms with E-state index >= 15 is 0 Å². The van der Waals surface area contributed by atoms with E-state index in [1.165, 1.54) is 26.2 Å². The van der Waals surface area contributed by atoms with Gasteiger partial charge < -0.3 is 0 Å². The number of nitrogens with zero attached hydrogens (tertiary/aromatic N) is 2. The fourth-order valence-corrected chi connectivity index (χ4v) is 1.22. The van der Waals surface area contributed by atoms with E-state index in [1.54, 1.807) is 0 Å². The van der Waals surface area contributed by atoms with Crippen molar-refractivity contribution in [3.05, 3.63) is 0 Å². The zero-order chi connectivity index (χ0) is 4.69. The maximum Gasteiger partial charge on any atom is 0.0240 e. The molecule has 0 amide bonds. The summed E-state index contributed by atoms with van der Waals surface area (Å²) in [6.45, 7) is 5.23. The average molecular weight is 150 g/mol. The Morgan fingerprint density at radius 3 is 1.50 bits per heavy atom. The van der Waals surface area contributed by atoms with Crippen LogP contribution in [0.15, 0.2) is 0 Å². The lowest BCUT2D eigenvalue weighted by Crippen LogP contribution is -1.86. The fraction of sp³-hybridized carbons (Fsp3) is 1.00. The van der Waals surface area contributed by atoms with Gasteiger partial charge in [0.1, 0.15) is 0 Å². The number of rotatable bonds is 2. The normalized spacial score (nSPS) is 27.0. The van der Waals surface area contributed by atoms with Crippen molar-refractivity contribution in [3.63, 3.8) is 0 Å². The Labute approximate surface area is 57.5 Å². The highest BCUT2D eigenvalue weighted by atomic mass is 32.2. The molecule has 2 nitrogen and oxygen atoms in total. The third-order valence-corrected chi connectivity index (χ3v) is 2.24. The summed E-state index contributed by atoms with van der Waals surface area (Å²) < 4.78 is 4.71. The van der Waals surface area contributed by atoms with Crippen LogP contribution in [0.4, 0.5) is 0 Å². The van der Waals surface area contributed by atoms with E-state index in [-0.39, 0.29) is 9.90 Å². The Bertz CT molecular complexity index is 72.1. The molecule has 2 rings (SSSR count). The minimum Gasteiger partial charge on any atom is -0.235 e. The SMILES string of the molecule is C1CN1SN1CC1.P. The minimum atomic E-state index is 0. The molecular weight excluding hydrogens is 139 g/mol. The van der Waals surface area contributed by atoms with Crippen LogP contribution in [-0.4, -0.2) is 34.8 Å². The van der Waals surface area contributed by atoms with Crippen LogP contribution in [0, 0.1) is 0 Å². The molecule has 0 radical (unpaired) electrons. The molecule has 0 aromatic carbocycles. The van der Waals surface area contributed by atoms with Gasteiger partial charge in [0.2, 0.25) is 0 Å². The number of hydrogen-bond acceptors (Lipinski definition) is 3. The van der Waals surface area contributed by atoms with Crippen LogP contribution in [0.5, 0.6) is 0 Å². The van der Waals surface area contributed by atoms with Gasteiger partial charge in [-0.15, -0.1) is 0 Å². The first-order chi connectivity index (χ1) is 3.45. The highest BCUT2D eigenvalue weighted by molar-refractivity contribution is 7.95. The summed E-state index contributed by atoms with van der Waals surface area (Å²) in [7, 11) is 0. The van der Waals surface area contributed by atoms with Gasteiger partial charge in [-0.3, -0.25) is 0 Å². The minimum absolute atomic E-state index is 0. The molecule has 4 heteroatoms. The molecule has 2 heterocycles. The standard InChI is InChI=1S/C4H8N2S.H3P/c1-2-5(1)7-6-3-4-6;/h1-4H2;1H3. The highest BCUT2D eigenvalue weighted by Crippen LogP contribution is 2.27. The predicted molar refractivity (Wildman–Crippen MR) is 41.8 cm³/mol. The summed E-state index contributed by atoms with van der Waals surface area (Å²) in [5.41, 5.74) is 0. The van der Waals surface area contributed by atoms with E-state index in [2.05, 4.69) is 8.61 Å².